The predicted octanol–water partition coefficient (Wildman–Crippen LogP) is 1.64. The van der Waals surface area contributed by atoms with E-state index >= 15 is 0 Å². The molecule has 140 valence electrons. The van der Waals surface area contributed by atoms with Gasteiger partial charge < -0.3 is 26.2 Å². The minimum absolute atomic E-state index is 0.0655. The van der Waals surface area contributed by atoms with Crippen molar-refractivity contribution in [2.24, 2.45) is 0 Å². The Hall–Kier alpha value is -2.65. The minimum atomic E-state index is -1.05. The molecule has 1 aromatic heterocycles. The summed E-state index contributed by atoms with van der Waals surface area (Å²) in [6, 6.07) is 0. The molecule has 0 fully saturated rings. The second-order valence-corrected chi connectivity index (χ2v) is 5.50. The molecule has 0 radical (unpaired) electrons. The molecule has 0 aromatic carbocycles. The van der Waals surface area contributed by atoms with Crippen LogP contribution in [0.1, 0.15) is 45.4 Å². The van der Waals surface area contributed by atoms with Gasteiger partial charge in [0.05, 0.1) is 0 Å². The lowest BCUT2D eigenvalue weighted by molar-refractivity contribution is -0.135. The molecule has 0 spiro atoms. The zero-order valence-corrected chi connectivity index (χ0v) is 14.4. The van der Waals surface area contributed by atoms with Crippen LogP contribution in [0.5, 0.6) is 0 Å². The summed E-state index contributed by atoms with van der Waals surface area (Å²) in [5, 5.41) is 25.6. The van der Waals surface area contributed by atoms with E-state index in [1.54, 1.807) is 0 Å². The lowest BCUT2D eigenvalue weighted by Gasteiger charge is -2.10. The van der Waals surface area contributed by atoms with Gasteiger partial charge in [0, 0.05) is 6.54 Å². The summed E-state index contributed by atoms with van der Waals surface area (Å²) in [4.78, 5) is 33.4. The number of rotatable bonds is 14. The normalized spacial score (nSPS) is 10.3. The molecule has 0 aliphatic carbocycles. The van der Waals surface area contributed by atoms with E-state index in [4.69, 9.17) is 10.2 Å². The summed E-state index contributed by atoms with van der Waals surface area (Å²) in [6.07, 6.45) is 6.94. The van der Waals surface area contributed by atoms with Crippen LogP contribution >= 0.6 is 0 Å². The molecule has 1 aromatic rings. The highest BCUT2D eigenvalue weighted by molar-refractivity contribution is 5.73. The third-order valence-electron chi connectivity index (χ3n) is 3.24. The van der Waals surface area contributed by atoms with Crippen molar-refractivity contribution in [3.8, 4) is 0 Å². The third-order valence-corrected chi connectivity index (χ3v) is 3.24. The number of aromatic nitrogens is 3. The Kier molecular flexibility index (Phi) is 9.64. The number of nitrogens with zero attached hydrogens (tertiary/aromatic N) is 3. The van der Waals surface area contributed by atoms with Gasteiger partial charge >= 0.3 is 11.9 Å². The number of aliphatic carboxylic acids is 2. The number of unbranched alkanes of at least 4 members (excludes halogenated alkanes) is 5. The molecule has 0 aliphatic heterocycles. The fraction of sp³-hybridized carbons (Fsp3) is 0.667. The van der Waals surface area contributed by atoms with Crippen molar-refractivity contribution in [1.82, 2.24) is 15.0 Å². The summed E-state index contributed by atoms with van der Waals surface area (Å²) >= 11 is 0. The molecule has 10 nitrogen and oxygen atoms in total. The molecule has 0 amide bonds. The van der Waals surface area contributed by atoms with Gasteiger partial charge in [-0.25, -0.2) is 0 Å². The van der Waals surface area contributed by atoms with Gasteiger partial charge in [0.2, 0.25) is 17.8 Å². The SMILES string of the molecule is CCCCCCCCNc1nc(NCC(=O)O)nc(NCC(=O)O)n1. The van der Waals surface area contributed by atoms with E-state index in [9.17, 15) is 9.59 Å². The highest BCUT2D eigenvalue weighted by Crippen LogP contribution is 2.10. The van der Waals surface area contributed by atoms with Gasteiger partial charge in [-0.3, -0.25) is 9.59 Å². The van der Waals surface area contributed by atoms with Crippen molar-refractivity contribution in [2.45, 2.75) is 45.4 Å². The molecule has 1 heterocycles. The molecule has 0 atom stereocenters. The number of carboxylic acid groups (broad SMARTS) is 2. The molecular weight excluding hydrogens is 328 g/mol. The van der Waals surface area contributed by atoms with E-state index in [2.05, 4.69) is 37.8 Å². The maximum absolute atomic E-state index is 10.6. The predicted molar refractivity (Wildman–Crippen MR) is 93.9 cm³/mol. The summed E-state index contributed by atoms with van der Waals surface area (Å²) in [5.41, 5.74) is 0. The van der Waals surface area contributed by atoms with Crippen molar-refractivity contribution >= 4 is 29.8 Å². The molecule has 0 saturated heterocycles. The summed E-state index contributed by atoms with van der Waals surface area (Å²) in [6.45, 7) is 2.15. The third kappa shape index (κ3) is 9.95. The fourth-order valence-corrected chi connectivity index (χ4v) is 2.03. The monoisotopic (exact) mass is 354 g/mol. The molecule has 0 bridgehead atoms. The van der Waals surface area contributed by atoms with Gasteiger partial charge in [-0.15, -0.1) is 0 Å². The highest BCUT2D eigenvalue weighted by Gasteiger charge is 2.08. The van der Waals surface area contributed by atoms with Gasteiger partial charge in [-0.05, 0) is 6.42 Å². The van der Waals surface area contributed by atoms with Crippen molar-refractivity contribution in [3.63, 3.8) is 0 Å². The first-order valence-corrected chi connectivity index (χ1v) is 8.42. The highest BCUT2D eigenvalue weighted by atomic mass is 16.4. The van der Waals surface area contributed by atoms with E-state index < -0.39 is 11.9 Å². The first kappa shape index (κ1) is 20.4. The lowest BCUT2D eigenvalue weighted by Crippen LogP contribution is -2.19. The average molecular weight is 354 g/mol. The van der Waals surface area contributed by atoms with Gasteiger partial charge in [0.15, 0.2) is 0 Å². The molecular formula is C15H26N6O4. The maximum Gasteiger partial charge on any atom is 0.322 e. The Labute approximate surface area is 146 Å². The molecule has 5 N–H and O–H groups in total. The van der Waals surface area contributed by atoms with Gasteiger partial charge in [-0.2, -0.15) is 15.0 Å². The maximum atomic E-state index is 10.6. The number of carbonyl (C=O) groups is 2. The molecule has 10 heteroatoms. The van der Waals surface area contributed by atoms with Gasteiger partial charge in [0.25, 0.3) is 0 Å². The second-order valence-electron chi connectivity index (χ2n) is 5.50. The molecule has 0 saturated carbocycles. The van der Waals surface area contributed by atoms with Crippen LogP contribution in [0, 0.1) is 0 Å². The van der Waals surface area contributed by atoms with Gasteiger partial charge in [-0.1, -0.05) is 39.0 Å². The number of nitrogens with one attached hydrogen (secondary N) is 3. The first-order chi connectivity index (χ1) is 12.0. The Bertz CT molecular complexity index is 519. The topological polar surface area (TPSA) is 149 Å². The molecule has 25 heavy (non-hydrogen) atoms. The smallest absolute Gasteiger partial charge is 0.322 e. The summed E-state index contributed by atoms with van der Waals surface area (Å²) in [7, 11) is 0. The van der Waals surface area contributed by atoms with Crippen molar-refractivity contribution in [1.29, 1.82) is 0 Å². The van der Waals surface area contributed by atoms with Crippen LogP contribution in [0.25, 0.3) is 0 Å². The van der Waals surface area contributed by atoms with Crippen LogP contribution in [0.3, 0.4) is 0 Å². The Morgan fingerprint density at radius 3 is 1.68 bits per heavy atom. The Morgan fingerprint density at radius 2 is 1.20 bits per heavy atom. The van der Waals surface area contributed by atoms with Crippen LogP contribution in [-0.2, 0) is 9.59 Å². The molecule has 1 rings (SSSR count). The zero-order chi connectivity index (χ0) is 18.5. The Morgan fingerprint density at radius 1 is 0.760 bits per heavy atom. The minimum Gasteiger partial charge on any atom is -0.480 e. The van der Waals surface area contributed by atoms with E-state index in [-0.39, 0.29) is 30.9 Å². The van der Waals surface area contributed by atoms with Crippen LogP contribution in [0.4, 0.5) is 17.8 Å². The number of anilines is 3. The van der Waals surface area contributed by atoms with Crippen LogP contribution in [0.15, 0.2) is 0 Å². The largest absolute Gasteiger partial charge is 0.480 e. The van der Waals surface area contributed by atoms with E-state index in [0.29, 0.717) is 6.54 Å². The van der Waals surface area contributed by atoms with Crippen LogP contribution < -0.4 is 16.0 Å². The zero-order valence-electron chi connectivity index (χ0n) is 14.4. The average Bonchev–Trinajstić information content (AvgIpc) is 2.57. The lowest BCUT2D eigenvalue weighted by atomic mass is 10.1. The second kappa shape index (κ2) is 11.8. The van der Waals surface area contributed by atoms with E-state index in [1.807, 2.05) is 0 Å². The molecule has 0 aliphatic rings. The molecule has 0 unspecified atom stereocenters. The number of hydrogen-bond donors (Lipinski definition) is 5. The Balaban J connectivity index is 2.56. The number of hydrogen-bond acceptors (Lipinski definition) is 8. The van der Waals surface area contributed by atoms with Crippen molar-refractivity contribution in [3.05, 3.63) is 0 Å². The van der Waals surface area contributed by atoms with E-state index in [0.717, 1.165) is 12.8 Å². The quantitative estimate of drug-likeness (QED) is 0.312. The summed E-state index contributed by atoms with van der Waals surface area (Å²) < 4.78 is 0. The van der Waals surface area contributed by atoms with E-state index in [1.165, 1.54) is 25.7 Å². The fourth-order valence-electron chi connectivity index (χ4n) is 2.03. The standard InChI is InChI=1S/C15H26N6O4/c1-2-3-4-5-6-7-8-16-13-19-14(17-9-11(22)23)21-15(20-13)18-10-12(24)25/h2-10H2,1H3,(H,22,23)(H,24,25)(H3,16,17,18,19,20,21). The van der Waals surface area contributed by atoms with Crippen molar-refractivity contribution < 1.29 is 19.8 Å². The van der Waals surface area contributed by atoms with Gasteiger partial charge in [0.1, 0.15) is 13.1 Å². The van der Waals surface area contributed by atoms with Crippen LogP contribution in [0.2, 0.25) is 0 Å². The number of carboxylic acids is 2. The summed E-state index contributed by atoms with van der Waals surface area (Å²) in [5.74, 6) is -1.71. The van der Waals surface area contributed by atoms with Crippen LogP contribution in [-0.4, -0.2) is 56.7 Å². The van der Waals surface area contributed by atoms with Crippen molar-refractivity contribution in [2.75, 3.05) is 35.6 Å². The first-order valence-electron chi connectivity index (χ1n) is 8.42.